The van der Waals surface area contributed by atoms with E-state index < -0.39 is 16.6 Å². The molecule has 3 saturated carbocycles. The first-order chi connectivity index (χ1) is 17.3. The summed E-state index contributed by atoms with van der Waals surface area (Å²) in [7, 11) is -3.70. The monoisotopic (exact) mass is 561 g/mol. The van der Waals surface area contributed by atoms with Crippen molar-refractivity contribution in [3.63, 3.8) is 0 Å². The van der Waals surface area contributed by atoms with Crippen molar-refractivity contribution in [2.45, 2.75) is 155 Å². The molecule has 38 heavy (non-hydrogen) atoms. The normalized spacial score (nSPS) is 33.4. The van der Waals surface area contributed by atoms with Gasteiger partial charge >= 0.3 is 0 Å². The quantitative estimate of drug-likeness (QED) is 0.315. The Labute approximate surface area is 239 Å². The summed E-state index contributed by atoms with van der Waals surface area (Å²) in [6, 6.07) is 0. The maximum Gasteiger partial charge on any atom is 0.192 e. The van der Waals surface area contributed by atoms with Crippen LogP contribution < -0.4 is 5.73 Å². The van der Waals surface area contributed by atoms with Crippen LogP contribution in [0.3, 0.4) is 0 Å². The molecule has 3 fully saturated rings. The van der Waals surface area contributed by atoms with Crippen molar-refractivity contribution in [2.24, 2.45) is 28.9 Å². The number of allylic oxidation sites excluding steroid dienone is 3. The Morgan fingerprint density at radius 3 is 1.92 bits per heavy atom. The van der Waals surface area contributed by atoms with Gasteiger partial charge in [0.1, 0.15) is 0 Å². The molecule has 3 aliphatic carbocycles. The van der Waals surface area contributed by atoms with Gasteiger partial charge in [0.2, 0.25) is 0 Å². The van der Waals surface area contributed by atoms with E-state index in [9.17, 15) is 0 Å². The maximum absolute atomic E-state index is 7.03. The van der Waals surface area contributed by atoms with Gasteiger partial charge < -0.3 is 14.6 Å². The van der Waals surface area contributed by atoms with Gasteiger partial charge in [0.15, 0.2) is 16.6 Å². The molecule has 3 nitrogen and oxygen atoms in total. The number of fused-ring (bicyclic) bond motifs is 1. The lowest BCUT2D eigenvalue weighted by Gasteiger charge is -2.45. The predicted octanol–water partition coefficient (Wildman–Crippen LogP) is 9.62. The van der Waals surface area contributed by atoms with Crippen LogP contribution in [0.4, 0.5) is 0 Å². The van der Waals surface area contributed by atoms with Crippen LogP contribution in [0.15, 0.2) is 23.3 Å². The van der Waals surface area contributed by atoms with Crippen LogP contribution in [0.5, 0.6) is 0 Å². The lowest BCUT2D eigenvalue weighted by molar-refractivity contribution is 0.0725. The lowest BCUT2D eigenvalue weighted by atomic mass is 9.61. The summed E-state index contributed by atoms with van der Waals surface area (Å²) in [5.74, 6) is 2.13. The molecule has 0 amide bonds. The SMILES string of the molecule is C[C@H](CN)[C@H]1CCC2C(=CC=C3C[C@@H](O[Si](C)(C)C(C)(C)C)C[C@H](O[Si](C)(C)C(C)(C)C)C3)CCC[C@@]21C. The van der Waals surface area contributed by atoms with Crippen molar-refractivity contribution < 1.29 is 8.85 Å². The largest absolute Gasteiger partial charge is 0.414 e. The smallest absolute Gasteiger partial charge is 0.192 e. The van der Waals surface area contributed by atoms with Crippen LogP contribution in [0.25, 0.3) is 0 Å². The molecular weight excluding hydrogens is 499 g/mol. The average Bonchev–Trinajstić information content (AvgIpc) is 3.12. The fraction of sp³-hybridized carbons (Fsp3) is 0.879. The minimum absolute atomic E-state index is 0.221. The van der Waals surface area contributed by atoms with Crippen LogP contribution in [-0.4, -0.2) is 35.4 Å². The first-order valence-corrected chi connectivity index (χ1v) is 21.6. The highest BCUT2D eigenvalue weighted by Gasteiger charge is 2.50. The fourth-order valence-electron chi connectivity index (χ4n) is 7.23. The Kier molecular flexibility index (Phi) is 9.85. The second-order valence-electron chi connectivity index (χ2n) is 16.5. The molecule has 0 radical (unpaired) electrons. The van der Waals surface area contributed by atoms with Crippen LogP contribution in [0.2, 0.25) is 36.3 Å². The van der Waals surface area contributed by atoms with Gasteiger partial charge in [-0.25, -0.2) is 0 Å². The third-order valence-corrected chi connectivity index (χ3v) is 20.7. The van der Waals surface area contributed by atoms with E-state index in [2.05, 4.69) is 93.7 Å². The highest BCUT2D eigenvalue weighted by molar-refractivity contribution is 6.74. The zero-order valence-corrected chi connectivity index (χ0v) is 29.3. The zero-order valence-electron chi connectivity index (χ0n) is 27.3. The average molecular weight is 562 g/mol. The molecule has 5 heteroatoms. The van der Waals surface area contributed by atoms with Gasteiger partial charge in [-0.05, 0) is 117 Å². The fourth-order valence-corrected chi connectivity index (χ4v) is 9.97. The van der Waals surface area contributed by atoms with Crippen LogP contribution >= 0.6 is 0 Å². The molecule has 0 aromatic rings. The van der Waals surface area contributed by atoms with Gasteiger partial charge in [0, 0.05) is 0 Å². The summed E-state index contributed by atoms with van der Waals surface area (Å²) in [4.78, 5) is 0. The van der Waals surface area contributed by atoms with Crippen molar-refractivity contribution in [2.75, 3.05) is 6.54 Å². The summed E-state index contributed by atoms with van der Waals surface area (Å²) in [6.07, 6.45) is 15.4. The molecule has 0 saturated heterocycles. The van der Waals surface area contributed by atoms with E-state index in [4.69, 9.17) is 14.6 Å². The Morgan fingerprint density at radius 2 is 1.45 bits per heavy atom. The van der Waals surface area contributed by atoms with Crippen LogP contribution in [0, 0.1) is 23.2 Å². The molecule has 2 N–H and O–H groups in total. The standard InChI is InChI=1S/C33H63NO2Si2/c1-24(23-34)29-17-18-30-26(14-13-19-33(29,30)8)16-15-25-20-27(35-37(9,10)31(2,3)4)22-28(21-25)36-38(11,12)32(5,6)7/h15-16,24,27-30H,13-14,17-23,34H2,1-12H3/t24-,27-,28-,29-,30?,33-/m1/s1. The molecule has 0 heterocycles. The van der Waals surface area contributed by atoms with Gasteiger partial charge in [-0.1, -0.05) is 78.7 Å². The minimum Gasteiger partial charge on any atom is -0.414 e. The highest BCUT2D eigenvalue weighted by Crippen LogP contribution is 2.59. The molecular formula is C33H63NO2Si2. The number of hydrogen-bond donors (Lipinski definition) is 1. The summed E-state index contributed by atoms with van der Waals surface area (Å²) in [5, 5.41) is 0.441. The van der Waals surface area contributed by atoms with E-state index in [-0.39, 0.29) is 22.3 Å². The molecule has 0 aromatic heterocycles. The van der Waals surface area contributed by atoms with E-state index in [1.807, 2.05) is 0 Å². The molecule has 3 rings (SSSR count). The summed E-state index contributed by atoms with van der Waals surface area (Å²) in [6.45, 7) is 29.5. The molecule has 1 unspecified atom stereocenters. The Bertz CT molecular complexity index is 840. The first kappa shape index (κ1) is 32.3. The summed E-state index contributed by atoms with van der Waals surface area (Å²) < 4.78 is 14.1. The van der Waals surface area contributed by atoms with Gasteiger partial charge in [0.25, 0.3) is 0 Å². The highest BCUT2D eigenvalue weighted by atomic mass is 28.4. The van der Waals surface area contributed by atoms with Crippen LogP contribution in [0.1, 0.15) is 107 Å². The van der Waals surface area contributed by atoms with E-state index in [1.54, 1.807) is 5.57 Å². The van der Waals surface area contributed by atoms with Gasteiger partial charge in [-0.15, -0.1) is 0 Å². The van der Waals surface area contributed by atoms with Crippen molar-refractivity contribution in [3.8, 4) is 0 Å². The molecule has 3 aliphatic rings. The molecule has 6 atom stereocenters. The van der Waals surface area contributed by atoms with E-state index in [1.165, 1.54) is 37.7 Å². The van der Waals surface area contributed by atoms with Gasteiger partial charge in [0.05, 0.1) is 12.2 Å². The lowest BCUT2D eigenvalue weighted by Crippen LogP contribution is -2.48. The number of hydrogen-bond acceptors (Lipinski definition) is 3. The summed E-state index contributed by atoms with van der Waals surface area (Å²) >= 11 is 0. The van der Waals surface area contributed by atoms with Gasteiger partial charge in [-0.3, -0.25) is 0 Å². The summed E-state index contributed by atoms with van der Waals surface area (Å²) in [5.41, 5.74) is 9.81. The van der Waals surface area contributed by atoms with Crippen molar-refractivity contribution in [1.29, 1.82) is 0 Å². The molecule has 0 aromatic carbocycles. The molecule has 220 valence electrons. The predicted molar refractivity (Wildman–Crippen MR) is 171 cm³/mol. The third kappa shape index (κ3) is 6.98. The second-order valence-corrected chi connectivity index (χ2v) is 26.0. The Balaban J connectivity index is 1.86. The third-order valence-electron chi connectivity index (χ3n) is 11.7. The molecule has 0 aliphatic heterocycles. The molecule has 0 spiro atoms. The Hall–Kier alpha value is -0.206. The zero-order chi connectivity index (χ0) is 28.7. The van der Waals surface area contributed by atoms with E-state index in [0.717, 1.165) is 37.6 Å². The maximum atomic E-state index is 7.03. The van der Waals surface area contributed by atoms with Crippen molar-refractivity contribution in [1.82, 2.24) is 0 Å². The van der Waals surface area contributed by atoms with Crippen LogP contribution in [-0.2, 0) is 8.85 Å². The van der Waals surface area contributed by atoms with E-state index in [0.29, 0.717) is 11.3 Å². The second kappa shape index (κ2) is 11.6. The molecule has 0 bridgehead atoms. The number of rotatable bonds is 7. The van der Waals surface area contributed by atoms with E-state index >= 15 is 0 Å². The topological polar surface area (TPSA) is 44.5 Å². The first-order valence-electron chi connectivity index (χ1n) is 15.7. The van der Waals surface area contributed by atoms with Crippen molar-refractivity contribution in [3.05, 3.63) is 23.3 Å². The number of nitrogens with two attached hydrogens (primary N) is 1. The Morgan fingerprint density at radius 1 is 0.921 bits per heavy atom. The van der Waals surface area contributed by atoms with Gasteiger partial charge in [-0.2, -0.15) is 0 Å². The van der Waals surface area contributed by atoms with Crippen molar-refractivity contribution >= 4 is 16.6 Å². The minimum atomic E-state index is -1.85.